The highest BCUT2D eigenvalue weighted by Crippen LogP contribution is 2.26. The molecule has 0 saturated carbocycles. The maximum Gasteiger partial charge on any atom is 0.252 e. The largest absolute Gasteiger partial charge is 0.349 e. The monoisotopic (exact) mass is 435 g/mol. The Morgan fingerprint density at radius 3 is 2.52 bits per heavy atom. The zero-order valence-corrected chi connectivity index (χ0v) is 18.2. The molecular formula is C21H27Cl2N5O. The molecule has 4 rings (SSSR count). The quantitative estimate of drug-likeness (QED) is 0.649. The smallest absolute Gasteiger partial charge is 0.252 e. The van der Waals surface area contributed by atoms with E-state index in [9.17, 15) is 4.79 Å². The first-order valence-corrected chi connectivity index (χ1v) is 9.59. The number of hydrogen-bond acceptors (Lipinski definition) is 4. The van der Waals surface area contributed by atoms with E-state index in [0.29, 0.717) is 5.56 Å². The van der Waals surface area contributed by atoms with E-state index in [2.05, 4.69) is 29.6 Å². The van der Waals surface area contributed by atoms with Crippen LogP contribution in [0.1, 0.15) is 43.1 Å². The Bertz CT molecular complexity index is 952. The van der Waals surface area contributed by atoms with Gasteiger partial charge in [0.25, 0.3) is 5.91 Å². The molecular weight excluding hydrogens is 409 g/mol. The van der Waals surface area contributed by atoms with Crippen LogP contribution in [0.3, 0.4) is 0 Å². The van der Waals surface area contributed by atoms with Crippen LogP contribution in [0.4, 0.5) is 0 Å². The maximum atomic E-state index is 13.1. The van der Waals surface area contributed by atoms with Gasteiger partial charge in [-0.1, -0.05) is 30.3 Å². The minimum absolute atomic E-state index is 0. The number of halogens is 2. The first-order valence-electron chi connectivity index (χ1n) is 9.59. The molecule has 1 aliphatic heterocycles. The summed E-state index contributed by atoms with van der Waals surface area (Å²) in [5, 5.41) is 11.8. The first kappa shape index (κ1) is 23.1. The van der Waals surface area contributed by atoms with Gasteiger partial charge in [0.2, 0.25) is 0 Å². The zero-order valence-electron chi connectivity index (χ0n) is 16.6. The lowest BCUT2D eigenvalue weighted by atomic mass is 10.0. The minimum Gasteiger partial charge on any atom is -0.349 e. The van der Waals surface area contributed by atoms with Crippen molar-refractivity contribution in [2.45, 2.75) is 38.8 Å². The summed E-state index contributed by atoms with van der Waals surface area (Å²) in [4.78, 5) is 17.9. The van der Waals surface area contributed by atoms with Gasteiger partial charge in [0.1, 0.15) is 0 Å². The molecule has 156 valence electrons. The Morgan fingerprint density at radius 1 is 1.17 bits per heavy atom. The number of fused-ring (bicyclic) bond motifs is 1. The van der Waals surface area contributed by atoms with Crippen LogP contribution in [-0.2, 0) is 0 Å². The molecule has 6 nitrogen and oxygen atoms in total. The Labute approximate surface area is 183 Å². The van der Waals surface area contributed by atoms with Crippen LogP contribution >= 0.6 is 24.8 Å². The fraction of sp³-hybridized carbons (Fsp3) is 0.381. The van der Waals surface area contributed by atoms with Crippen LogP contribution < -0.4 is 10.6 Å². The van der Waals surface area contributed by atoms with Gasteiger partial charge < -0.3 is 10.6 Å². The topological polar surface area (TPSA) is 71.8 Å². The first-order chi connectivity index (χ1) is 13.1. The molecule has 1 amide bonds. The van der Waals surface area contributed by atoms with Crippen molar-refractivity contribution >= 4 is 41.8 Å². The molecule has 0 aliphatic carbocycles. The third kappa shape index (κ3) is 4.89. The van der Waals surface area contributed by atoms with Crippen LogP contribution in [-0.4, -0.2) is 39.8 Å². The maximum absolute atomic E-state index is 13.1. The highest BCUT2D eigenvalue weighted by molar-refractivity contribution is 6.06. The number of nitrogens with zero attached hydrogens (tertiary/aromatic N) is 3. The third-order valence-electron chi connectivity index (χ3n) is 5.04. The average Bonchev–Trinajstić information content (AvgIpc) is 3.13. The fourth-order valence-electron chi connectivity index (χ4n) is 3.57. The van der Waals surface area contributed by atoms with Crippen LogP contribution in [0.2, 0.25) is 0 Å². The summed E-state index contributed by atoms with van der Waals surface area (Å²) >= 11 is 0. The zero-order chi connectivity index (χ0) is 18.8. The predicted octanol–water partition coefficient (Wildman–Crippen LogP) is 4.00. The van der Waals surface area contributed by atoms with Crippen molar-refractivity contribution in [1.29, 1.82) is 0 Å². The molecule has 1 aromatic carbocycles. The molecule has 3 heterocycles. The summed E-state index contributed by atoms with van der Waals surface area (Å²) in [6, 6.07) is 12.2. The van der Waals surface area contributed by atoms with Crippen molar-refractivity contribution in [2.24, 2.45) is 0 Å². The summed E-state index contributed by atoms with van der Waals surface area (Å²) in [6.07, 6.45) is 3.67. The van der Waals surface area contributed by atoms with Gasteiger partial charge in [0.05, 0.1) is 22.8 Å². The number of rotatable bonds is 4. The summed E-state index contributed by atoms with van der Waals surface area (Å²) in [7, 11) is 0. The Balaban J connectivity index is 0.00000150. The summed E-state index contributed by atoms with van der Waals surface area (Å²) < 4.78 is 1.88. The van der Waals surface area contributed by atoms with E-state index >= 15 is 0 Å². The van der Waals surface area contributed by atoms with E-state index in [1.165, 1.54) is 0 Å². The molecule has 29 heavy (non-hydrogen) atoms. The molecule has 0 unspecified atom stereocenters. The van der Waals surface area contributed by atoms with Gasteiger partial charge in [-0.3, -0.25) is 4.79 Å². The second-order valence-corrected chi connectivity index (χ2v) is 7.34. The van der Waals surface area contributed by atoms with Crippen LogP contribution in [0.5, 0.6) is 0 Å². The average molecular weight is 436 g/mol. The van der Waals surface area contributed by atoms with Crippen molar-refractivity contribution in [3.63, 3.8) is 0 Å². The van der Waals surface area contributed by atoms with E-state index in [4.69, 9.17) is 4.98 Å². The second-order valence-electron chi connectivity index (χ2n) is 7.34. The highest BCUT2D eigenvalue weighted by atomic mass is 35.5. The number of hydrogen-bond donors (Lipinski definition) is 2. The molecule has 1 aliphatic rings. The van der Waals surface area contributed by atoms with Crippen LogP contribution in [0.15, 0.2) is 42.6 Å². The van der Waals surface area contributed by atoms with Gasteiger partial charge in [0.15, 0.2) is 5.65 Å². The number of carbonyl (C=O) groups is 1. The molecule has 1 saturated heterocycles. The number of aromatic nitrogens is 3. The van der Waals surface area contributed by atoms with E-state index in [1.807, 2.05) is 41.1 Å². The van der Waals surface area contributed by atoms with Crippen molar-refractivity contribution in [3.05, 3.63) is 48.2 Å². The number of carbonyl (C=O) groups excluding carboxylic acids is 1. The van der Waals surface area contributed by atoms with Gasteiger partial charge >= 0.3 is 0 Å². The Kier molecular flexibility index (Phi) is 8.02. The predicted molar refractivity (Wildman–Crippen MR) is 121 cm³/mol. The molecule has 0 radical (unpaired) electrons. The Hall–Kier alpha value is -2.15. The minimum atomic E-state index is -0.0465. The van der Waals surface area contributed by atoms with Crippen LogP contribution in [0.25, 0.3) is 22.3 Å². The molecule has 0 atom stereocenters. The third-order valence-corrected chi connectivity index (χ3v) is 5.04. The number of pyridine rings is 1. The number of piperidine rings is 1. The normalized spacial score (nSPS) is 14.3. The van der Waals surface area contributed by atoms with Crippen molar-refractivity contribution < 1.29 is 4.79 Å². The van der Waals surface area contributed by atoms with Gasteiger partial charge in [-0.25, -0.2) is 9.67 Å². The Morgan fingerprint density at radius 2 is 1.86 bits per heavy atom. The molecule has 3 aromatic rings. The molecule has 2 N–H and O–H groups in total. The molecule has 1 fully saturated rings. The SMILES string of the molecule is CC(C)n1ncc2c(C(=O)NC3CCNCC3)cc(-c3ccccc3)nc21.Cl.Cl. The number of nitrogens with one attached hydrogen (secondary N) is 2. The van der Waals surface area contributed by atoms with E-state index in [0.717, 1.165) is 48.2 Å². The highest BCUT2D eigenvalue weighted by Gasteiger charge is 2.21. The molecule has 8 heteroatoms. The molecule has 0 bridgehead atoms. The van der Waals surface area contributed by atoms with Crippen molar-refractivity contribution in [1.82, 2.24) is 25.4 Å². The number of amides is 1. The lowest BCUT2D eigenvalue weighted by molar-refractivity contribution is 0.0931. The van der Waals surface area contributed by atoms with E-state index in [-0.39, 0.29) is 42.8 Å². The van der Waals surface area contributed by atoms with Gasteiger partial charge in [0, 0.05) is 17.6 Å². The lowest BCUT2D eigenvalue weighted by Gasteiger charge is -2.23. The van der Waals surface area contributed by atoms with Gasteiger partial charge in [-0.2, -0.15) is 5.10 Å². The van der Waals surface area contributed by atoms with Crippen molar-refractivity contribution in [2.75, 3.05) is 13.1 Å². The van der Waals surface area contributed by atoms with Crippen LogP contribution in [0, 0.1) is 0 Å². The summed E-state index contributed by atoms with van der Waals surface area (Å²) in [5.41, 5.74) is 3.18. The molecule has 0 spiro atoms. The second kappa shape index (κ2) is 10.1. The van der Waals surface area contributed by atoms with E-state index < -0.39 is 0 Å². The summed E-state index contributed by atoms with van der Waals surface area (Å²) in [6.45, 7) is 6.02. The number of benzene rings is 1. The summed E-state index contributed by atoms with van der Waals surface area (Å²) in [5.74, 6) is -0.0465. The van der Waals surface area contributed by atoms with Crippen molar-refractivity contribution in [3.8, 4) is 11.3 Å². The fourth-order valence-corrected chi connectivity index (χ4v) is 3.57. The molecule has 2 aromatic heterocycles. The lowest BCUT2D eigenvalue weighted by Crippen LogP contribution is -2.42. The van der Waals surface area contributed by atoms with Gasteiger partial charge in [-0.15, -0.1) is 24.8 Å². The standard InChI is InChI=1S/C21H25N5O.2ClH/c1-14(2)26-20-18(13-23-26)17(21(27)24-16-8-10-22-11-9-16)12-19(25-20)15-6-4-3-5-7-15;;/h3-7,12-14,16,22H,8-11H2,1-2H3,(H,24,27);2*1H. The van der Waals surface area contributed by atoms with E-state index in [1.54, 1.807) is 6.20 Å². The van der Waals surface area contributed by atoms with Gasteiger partial charge in [-0.05, 0) is 45.8 Å².